The second-order valence-electron chi connectivity index (χ2n) is 8.67. The van der Waals surface area contributed by atoms with Gasteiger partial charge >= 0.3 is 0 Å². The fourth-order valence-electron chi connectivity index (χ4n) is 4.91. The lowest BCUT2D eigenvalue weighted by Crippen LogP contribution is -2.49. The number of aromatic nitrogens is 1. The molecule has 0 radical (unpaired) electrons. The first-order valence-electron chi connectivity index (χ1n) is 8.93. The minimum absolute atomic E-state index is 0.167. The van der Waals surface area contributed by atoms with Gasteiger partial charge in [-0.25, -0.2) is 0 Å². The van der Waals surface area contributed by atoms with Crippen molar-refractivity contribution in [2.24, 2.45) is 11.7 Å². The third-order valence-corrected chi connectivity index (χ3v) is 6.08. The van der Waals surface area contributed by atoms with Crippen LogP contribution < -0.4 is 5.73 Å². The topological polar surface area (TPSA) is 45.0 Å². The first-order valence-corrected chi connectivity index (χ1v) is 8.93. The molecule has 0 bridgehead atoms. The lowest BCUT2D eigenvalue weighted by molar-refractivity contribution is 0.115. The predicted molar refractivity (Wildman–Crippen MR) is 97.0 cm³/mol. The summed E-state index contributed by atoms with van der Waals surface area (Å²) in [5.41, 5.74) is 12.0. The predicted octanol–water partition coefficient (Wildman–Crippen LogP) is 3.38. The maximum absolute atomic E-state index is 6.01. The quantitative estimate of drug-likeness (QED) is 0.848. The van der Waals surface area contributed by atoms with Crippen molar-refractivity contribution in [1.82, 2.24) is 9.88 Å². The Kier molecular flexibility index (Phi) is 3.37. The summed E-state index contributed by atoms with van der Waals surface area (Å²) < 4.78 is 0. The number of benzene rings is 1. The van der Waals surface area contributed by atoms with Gasteiger partial charge in [0.2, 0.25) is 0 Å². The van der Waals surface area contributed by atoms with Crippen LogP contribution in [0.3, 0.4) is 0 Å². The van der Waals surface area contributed by atoms with Gasteiger partial charge < -0.3 is 15.6 Å². The normalized spacial score (nSPS) is 28.1. The minimum Gasteiger partial charge on any atom is -0.361 e. The molecular formula is C20H29N3. The summed E-state index contributed by atoms with van der Waals surface area (Å²) in [6.07, 6.45) is 4.65. The molecule has 1 fully saturated rings. The number of nitrogens with one attached hydrogen (secondary N) is 1. The standard InChI is InChI=1S/C20H29N3/c1-20(2,3)16-6-5-14-15-7-12(9-21)11-23(4)17(15)8-13-10-22-19(16)18(13)14/h5-6,10,12,15,17,22H,7-9,11,21H2,1-4H3/t12-,15?,17+/m0/s1. The molecule has 23 heavy (non-hydrogen) atoms. The second kappa shape index (κ2) is 5.09. The Hall–Kier alpha value is -1.32. The van der Waals surface area contributed by atoms with Crippen LogP contribution in [0.4, 0.5) is 0 Å². The Morgan fingerprint density at radius 2 is 2.09 bits per heavy atom. The van der Waals surface area contributed by atoms with E-state index in [1.807, 2.05) is 0 Å². The third kappa shape index (κ3) is 2.25. The maximum atomic E-state index is 6.01. The van der Waals surface area contributed by atoms with E-state index >= 15 is 0 Å². The number of fused-ring (bicyclic) bond motifs is 2. The highest BCUT2D eigenvalue weighted by Crippen LogP contribution is 2.46. The van der Waals surface area contributed by atoms with E-state index < -0.39 is 0 Å². The van der Waals surface area contributed by atoms with Gasteiger partial charge in [0, 0.05) is 35.6 Å². The van der Waals surface area contributed by atoms with E-state index in [4.69, 9.17) is 5.73 Å². The molecule has 1 aromatic carbocycles. The first kappa shape index (κ1) is 15.2. The Labute approximate surface area is 139 Å². The van der Waals surface area contributed by atoms with Crippen LogP contribution >= 0.6 is 0 Å². The van der Waals surface area contributed by atoms with Crippen molar-refractivity contribution in [2.75, 3.05) is 20.1 Å². The summed E-state index contributed by atoms with van der Waals surface area (Å²) in [5, 5.41) is 1.50. The van der Waals surface area contributed by atoms with E-state index in [2.05, 4.69) is 56.0 Å². The molecule has 3 nitrogen and oxygen atoms in total. The fourth-order valence-corrected chi connectivity index (χ4v) is 4.91. The minimum atomic E-state index is 0.167. The summed E-state index contributed by atoms with van der Waals surface area (Å²) in [6, 6.07) is 5.39. The Bertz CT molecular complexity index is 737. The fraction of sp³-hybridized carbons (Fsp3) is 0.600. The molecule has 3 N–H and O–H groups in total. The lowest BCUT2D eigenvalue weighted by Gasteiger charge is -2.45. The van der Waals surface area contributed by atoms with Gasteiger partial charge in [-0.05, 0) is 54.5 Å². The number of piperidine rings is 1. The van der Waals surface area contributed by atoms with Crippen LogP contribution in [0.5, 0.6) is 0 Å². The Morgan fingerprint density at radius 1 is 1.30 bits per heavy atom. The summed E-state index contributed by atoms with van der Waals surface area (Å²) in [7, 11) is 2.28. The van der Waals surface area contributed by atoms with Crippen molar-refractivity contribution < 1.29 is 0 Å². The van der Waals surface area contributed by atoms with Gasteiger partial charge in [-0.3, -0.25) is 0 Å². The molecule has 1 aliphatic carbocycles. The van der Waals surface area contributed by atoms with Crippen LogP contribution in [-0.2, 0) is 11.8 Å². The molecule has 0 saturated carbocycles. The van der Waals surface area contributed by atoms with E-state index in [0.29, 0.717) is 17.9 Å². The molecule has 0 amide bonds. The molecule has 2 aromatic rings. The second-order valence-corrected chi connectivity index (χ2v) is 8.67. The van der Waals surface area contributed by atoms with Gasteiger partial charge in [0.1, 0.15) is 0 Å². The zero-order chi connectivity index (χ0) is 16.4. The SMILES string of the molecule is CN1C[C@H](CN)CC2c3ccc(C(C)(C)C)c4[nH]cc(c34)C[C@H]21. The molecule has 1 saturated heterocycles. The van der Waals surface area contributed by atoms with Crippen LogP contribution in [0, 0.1) is 5.92 Å². The van der Waals surface area contributed by atoms with Crippen LogP contribution in [0.25, 0.3) is 10.9 Å². The van der Waals surface area contributed by atoms with Crippen molar-refractivity contribution >= 4 is 10.9 Å². The number of aromatic amines is 1. The molecule has 3 heteroatoms. The molecule has 1 aliphatic heterocycles. The number of likely N-dealkylation sites (N-methyl/N-ethyl adjacent to an activating group) is 1. The average Bonchev–Trinajstić information content (AvgIpc) is 2.92. The summed E-state index contributed by atoms with van der Waals surface area (Å²) in [6.45, 7) is 8.84. The van der Waals surface area contributed by atoms with Gasteiger partial charge in [0.15, 0.2) is 0 Å². The number of hydrogen-bond acceptors (Lipinski definition) is 2. The smallest absolute Gasteiger partial charge is 0.0497 e. The number of nitrogens with two attached hydrogens (primary N) is 1. The molecular weight excluding hydrogens is 282 g/mol. The maximum Gasteiger partial charge on any atom is 0.0497 e. The number of rotatable bonds is 1. The van der Waals surface area contributed by atoms with Crippen LogP contribution in [0.1, 0.15) is 49.8 Å². The summed E-state index contributed by atoms with van der Waals surface area (Å²) in [4.78, 5) is 6.15. The highest BCUT2D eigenvalue weighted by atomic mass is 15.1. The van der Waals surface area contributed by atoms with Gasteiger partial charge in [0.05, 0.1) is 0 Å². The average molecular weight is 311 g/mol. The first-order chi connectivity index (χ1) is 10.9. The van der Waals surface area contributed by atoms with E-state index in [0.717, 1.165) is 13.1 Å². The molecule has 1 aromatic heterocycles. The van der Waals surface area contributed by atoms with Gasteiger partial charge in [-0.1, -0.05) is 32.9 Å². The number of likely N-dealkylation sites (tertiary alicyclic amines) is 1. The molecule has 124 valence electrons. The van der Waals surface area contributed by atoms with Gasteiger partial charge in [0.25, 0.3) is 0 Å². The summed E-state index contributed by atoms with van der Waals surface area (Å²) in [5.74, 6) is 1.25. The van der Waals surface area contributed by atoms with E-state index in [9.17, 15) is 0 Å². The molecule has 3 atom stereocenters. The lowest BCUT2D eigenvalue weighted by atomic mass is 9.71. The van der Waals surface area contributed by atoms with Crippen molar-refractivity contribution in [3.63, 3.8) is 0 Å². The largest absolute Gasteiger partial charge is 0.361 e. The number of nitrogens with zero attached hydrogens (tertiary/aromatic N) is 1. The van der Waals surface area contributed by atoms with Crippen molar-refractivity contribution in [3.8, 4) is 0 Å². The zero-order valence-electron chi connectivity index (χ0n) is 14.8. The summed E-state index contributed by atoms with van der Waals surface area (Å²) >= 11 is 0. The molecule has 2 heterocycles. The van der Waals surface area contributed by atoms with Crippen molar-refractivity contribution in [2.45, 2.75) is 51.0 Å². The van der Waals surface area contributed by atoms with Gasteiger partial charge in [-0.2, -0.15) is 0 Å². The van der Waals surface area contributed by atoms with Crippen LogP contribution in [0.2, 0.25) is 0 Å². The Balaban J connectivity index is 1.88. The number of hydrogen-bond donors (Lipinski definition) is 2. The highest BCUT2D eigenvalue weighted by Gasteiger charge is 2.39. The molecule has 0 spiro atoms. The highest BCUT2D eigenvalue weighted by molar-refractivity contribution is 5.91. The number of H-pyrrole nitrogens is 1. The molecule has 2 aliphatic rings. The van der Waals surface area contributed by atoms with Gasteiger partial charge in [-0.15, -0.1) is 0 Å². The third-order valence-electron chi connectivity index (χ3n) is 6.08. The Morgan fingerprint density at radius 3 is 2.78 bits per heavy atom. The molecule has 1 unspecified atom stereocenters. The van der Waals surface area contributed by atoms with E-state index in [-0.39, 0.29) is 5.41 Å². The monoisotopic (exact) mass is 311 g/mol. The molecule has 4 rings (SSSR count). The van der Waals surface area contributed by atoms with Crippen LogP contribution in [-0.4, -0.2) is 36.1 Å². The van der Waals surface area contributed by atoms with E-state index in [1.165, 1.54) is 34.9 Å². The van der Waals surface area contributed by atoms with Crippen molar-refractivity contribution in [3.05, 3.63) is 35.0 Å². The zero-order valence-corrected chi connectivity index (χ0v) is 14.8. The van der Waals surface area contributed by atoms with Crippen LogP contribution in [0.15, 0.2) is 18.3 Å². The van der Waals surface area contributed by atoms with Crippen molar-refractivity contribution in [1.29, 1.82) is 0 Å². The van der Waals surface area contributed by atoms with E-state index in [1.54, 1.807) is 5.56 Å².